The largest absolute Gasteiger partial charge is 0.343 e. The van der Waals surface area contributed by atoms with Gasteiger partial charge in [-0.2, -0.15) is 5.10 Å². The fraction of sp³-hybridized carbons (Fsp3) is 0.200. The average Bonchev–Trinajstić information content (AvgIpc) is 3.03. The van der Waals surface area contributed by atoms with Crippen LogP contribution in [0.2, 0.25) is 5.02 Å². The molecule has 4 rings (SSSR count). The Morgan fingerprint density at radius 3 is 2.71 bits per heavy atom. The lowest BCUT2D eigenvalue weighted by Crippen LogP contribution is -2.32. The summed E-state index contributed by atoms with van der Waals surface area (Å²) in [6, 6.07) is 12.7. The van der Waals surface area contributed by atoms with Gasteiger partial charge in [0.05, 0.1) is 28.5 Å². The van der Waals surface area contributed by atoms with Crippen molar-refractivity contribution in [3.8, 4) is 0 Å². The molecule has 2 aromatic carbocycles. The standard InChI is InChI=1S/C20H18ClN5O2/c1-3-26-15-9-8-12(21)10-13(15)19(27)18(24-26)20(28)22-11-17-23-14-6-4-5-7-16(14)25(17)2/h4-10H,3,11H2,1-2H3,(H,22,28). The Morgan fingerprint density at radius 1 is 1.18 bits per heavy atom. The molecule has 0 saturated carbocycles. The summed E-state index contributed by atoms with van der Waals surface area (Å²) in [4.78, 5) is 30.0. The Labute approximate surface area is 165 Å². The molecule has 1 amide bonds. The second-order valence-electron chi connectivity index (χ2n) is 6.41. The lowest BCUT2D eigenvalue weighted by molar-refractivity contribution is 0.0941. The van der Waals surface area contributed by atoms with Crippen LogP contribution in [-0.4, -0.2) is 25.2 Å². The minimum Gasteiger partial charge on any atom is -0.343 e. The number of fused-ring (bicyclic) bond motifs is 2. The Balaban J connectivity index is 1.68. The number of amides is 1. The first-order valence-electron chi connectivity index (χ1n) is 8.88. The van der Waals surface area contributed by atoms with E-state index in [9.17, 15) is 9.59 Å². The van der Waals surface area contributed by atoms with E-state index in [0.29, 0.717) is 28.3 Å². The van der Waals surface area contributed by atoms with Gasteiger partial charge in [0, 0.05) is 18.6 Å². The van der Waals surface area contributed by atoms with Crippen molar-refractivity contribution >= 4 is 39.4 Å². The van der Waals surface area contributed by atoms with Gasteiger partial charge in [0.2, 0.25) is 5.43 Å². The zero-order valence-electron chi connectivity index (χ0n) is 15.4. The van der Waals surface area contributed by atoms with Gasteiger partial charge >= 0.3 is 0 Å². The van der Waals surface area contributed by atoms with Crippen LogP contribution in [0.4, 0.5) is 0 Å². The Bertz CT molecular complexity index is 1280. The summed E-state index contributed by atoms with van der Waals surface area (Å²) >= 11 is 6.04. The molecule has 0 atom stereocenters. The van der Waals surface area contributed by atoms with Crippen LogP contribution >= 0.6 is 11.6 Å². The van der Waals surface area contributed by atoms with E-state index in [2.05, 4.69) is 15.4 Å². The molecular weight excluding hydrogens is 378 g/mol. The molecule has 0 unspecified atom stereocenters. The number of carbonyl (C=O) groups excluding carboxylic acids is 1. The highest BCUT2D eigenvalue weighted by Gasteiger charge is 2.18. The van der Waals surface area contributed by atoms with Crippen molar-refractivity contribution in [3.63, 3.8) is 0 Å². The van der Waals surface area contributed by atoms with E-state index in [-0.39, 0.29) is 12.2 Å². The monoisotopic (exact) mass is 395 g/mol. The Kier molecular flexibility index (Phi) is 4.60. The molecule has 0 aliphatic rings. The van der Waals surface area contributed by atoms with Crippen LogP contribution in [-0.2, 0) is 20.1 Å². The average molecular weight is 396 g/mol. The summed E-state index contributed by atoms with van der Waals surface area (Å²) in [5, 5.41) is 7.81. The highest BCUT2D eigenvalue weighted by atomic mass is 35.5. The third-order valence-corrected chi connectivity index (χ3v) is 4.95. The van der Waals surface area contributed by atoms with Crippen LogP contribution in [0.5, 0.6) is 0 Å². The number of carbonyl (C=O) groups is 1. The van der Waals surface area contributed by atoms with Gasteiger partial charge in [-0.25, -0.2) is 4.98 Å². The number of para-hydroxylation sites is 2. The zero-order chi connectivity index (χ0) is 19.8. The normalized spacial score (nSPS) is 11.2. The topological polar surface area (TPSA) is 81.8 Å². The van der Waals surface area contributed by atoms with E-state index in [4.69, 9.17) is 11.6 Å². The molecule has 2 aromatic heterocycles. The molecule has 0 saturated heterocycles. The second kappa shape index (κ2) is 7.09. The fourth-order valence-electron chi connectivity index (χ4n) is 3.25. The number of benzene rings is 2. The van der Waals surface area contributed by atoms with E-state index in [1.54, 1.807) is 22.9 Å². The minimum atomic E-state index is -0.541. The van der Waals surface area contributed by atoms with Gasteiger partial charge in [0.15, 0.2) is 5.69 Å². The maximum absolute atomic E-state index is 12.8. The van der Waals surface area contributed by atoms with E-state index >= 15 is 0 Å². The van der Waals surface area contributed by atoms with Crippen molar-refractivity contribution < 1.29 is 4.79 Å². The van der Waals surface area contributed by atoms with Gasteiger partial charge in [-0.3, -0.25) is 14.3 Å². The molecule has 0 radical (unpaired) electrons. The van der Waals surface area contributed by atoms with E-state index < -0.39 is 11.3 Å². The summed E-state index contributed by atoms with van der Waals surface area (Å²) in [7, 11) is 1.89. The molecular formula is C20H18ClN5O2. The van der Waals surface area contributed by atoms with E-state index in [1.165, 1.54) is 0 Å². The van der Waals surface area contributed by atoms with Crippen molar-refractivity contribution in [3.05, 3.63) is 69.2 Å². The number of hydrogen-bond acceptors (Lipinski definition) is 4. The summed E-state index contributed by atoms with van der Waals surface area (Å²) in [6.45, 7) is 2.60. The number of aryl methyl sites for hydroxylation is 2. The van der Waals surface area contributed by atoms with Crippen LogP contribution in [0.15, 0.2) is 47.3 Å². The third-order valence-electron chi connectivity index (χ3n) is 4.72. The van der Waals surface area contributed by atoms with Gasteiger partial charge in [0.25, 0.3) is 5.91 Å². The number of nitrogens with zero attached hydrogens (tertiary/aromatic N) is 4. The molecule has 142 valence electrons. The molecule has 7 nitrogen and oxygen atoms in total. The smallest absolute Gasteiger partial charge is 0.276 e. The maximum atomic E-state index is 12.8. The van der Waals surface area contributed by atoms with Crippen LogP contribution < -0.4 is 10.7 Å². The van der Waals surface area contributed by atoms with Gasteiger partial charge in [0.1, 0.15) is 5.82 Å². The van der Waals surface area contributed by atoms with Crippen LogP contribution in [0.1, 0.15) is 23.2 Å². The molecule has 0 aliphatic carbocycles. The number of rotatable bonds is 4. The third kappa shape index (κ3) is 3.03. The van der Waals surface area contributed by atoms with E-state index in [0.717, 1.165) is 11.0 Å². The summed E-state index contributed by atoms with van der Waals surface area (Å²) in [6.07, 6.45) is 0. The first-order chi connectivity index (χ1) is 13.5. The van der Waals surface area contributed by atoms with Crippen LogP contribution in [0.3, 0.4) is 0 Å². The quantitative estimate of drug-likeness (QED) is 0.576. The fourth-order valence-corrected chi connectivity index (χ4v) is 3.42. The van der Waals surface area contributed by atoms with Crippen LogP contribution in [0.25, 0.3) is 21.9 Å². The highest BCUT2D eigenvalue weighted by Crippen LogP contribution is 2.17. The number of hydrogen-bond donors (Lipinski definition) is 1. The number of imidazole rings is 1. The molecule has 28 heavy (non-hydrogen) atoms. The molecule has 0 aliphatic heterocycles. The molecule has 4 aromatic rings. The van der Waals surface area contributed by atoms with E-state index in [1.807, 2.05) is 42.8 Å². The van der Waals surface area contributed by atoms with Gasteiger partial charge in [-0.15, -0.1) is 0 Å². The van der Waals surface area contributed by atoms with Gasteiger partial charge < -0.3 is 9.88 Å². The molecule has 2 heterocycles. The zero-order valence-corrected chi connectivity index (χ0v) is 16.2. The first-order valence-corrected chi connectivity index (χ1v) is 9.26. The predicted molar refractivity (Wildman–Crippen MR) is 109 cm³/mol. The number of halogens is 1. The van der Waals surface area contributed by atoms with Crippen molar-refractivity contribution in [2.75, 3.05) is 0 Å². The van der Waals surface area contributed by atoms with Gasteiger partial charge in [-0.1, -0.05) is 23.7 Å². The van der Waals surface area contributed by atoms with Crippen molar-refractivity contribution in [1.29, 1.82) is 0 Å². The number of nitrogens with one attached hydrogen (secondary N) is 1. The molecule has 0 fully saturated rings. The molecule has 8 heteroatoms. The second-order valence-corrected chi connectivity index (χ2v) is 6.85. The Morgan fingerprint density at radius 2 is 1.96 bits per heavy atom. The lowest BCUT2D eigenvalue weighted by Gasteiger charge is -2.11. The van der Waals surface area contributed by atoms with Crippen molar-refractivity contribution in [2.24, 2.45) is 7.05 Å². The summed E-state index contributed by atoms with van der Waals surface area (Å²) in [5.41, 5.74) is 1.86. The Hall–Kier alpha value is -3.19. The van der Waals surface area contributed by atoms with Crippen LogP contribution in [0, 0.1) is 0 Å². The molecule has 1 N–H and O–H groups in total. The molecule has 0 spiro atoms. The minimum absolute atomic E-state index is 0.157. The summed E-state index contributed by atoms with van der Waals surface area (Å²) in [5.74, 6) is 0.148. The predicted octanol–water partition coefficient (Wildman–Crippen LogP) is 2.89. The van der Waals surface area contributed by atoms with Crippen molar-refractivity contribution in [1.82, 2.24) is 24.6 Å². The molecule has 0 bridgehead atoms. The lowest BCUT2D eigenvalue weighted by atomic mass is 10.2. The highest BCUT2D eigenvalue weighted by molar-refractivity contribution is 6.31. The maximum Gasteiger partial charge on any atom is 0.276 e. The number of aromatic nitrogens is 4. The van der Waals surface area contributed by atoms with Gasteiger partial charge in [-0.05, 0) is 37.3 Å². The SMILES string of the molecule is CCn1nc(C(=O)NCc2nc3ccccc3n2C)c(=O)c2cc(Cl)ccc21. The summed E-state index contributed by atoms with van der Waals surface area (Å²) < 4.78 is 3.53. The first kappa shape index (κ1) is 18.2. The van der Waals surface area contributed by atoms with Crippen molar-refractivity contribution in [2.45, 2.75) is 20.0 Å².